The minimum Gasteiger partial charge on any atom is -0.497 e. The fraction of sp³-hybridized carbons (Fsp3) is 0.182. The normalized spacial score (nSPS) is 12.0. The number of nitrogens with one attached hydrogen (secondary N) is 1. The molecule has 0 radical (unpaired) electrons. The minimum atomic E-state index is -0.441. The van der Waals surface area contributed by atoms with Crippen LogP contribution in [-0.4, -0.2) is 43.2 Å². The van der Waals surface area contributed by atoms with Crippen LogP contribution >= 0.6 is 0 Å². The van der Waals surface area contributed by atoms with Crippen molar-refractivity contribution < 1.29 is 19.0 Å². The molecule has 1 aromatic heterocycles. The van der Waals surface area contributed by atoms with Crippen molar-refractivity contribution in [2.24, 2.45) is 10.7 Å². The van der Waals surface area contributed by atoms with Gasteiger partial charge < -0.3 is 25.3 Å². The Morgan fingerprint density at radius 1 is 1.00 bits per heavy atom. The van der Waals surface area contributed by atoms with Gasteiger partial charge in [-0.25, -0.2) is 15.0 Å². The Morgan fingerprint density at radius 3 is 2.39 bits per heavy atom. The molecule has 3 rings (SSSR count). The Labute approximate surface area is 179 Å². The standard InChI is InChI=1S/C22H23N5O4/c1-29-17-9-7-14(8-10-17)20(27-22(23)31-3)15-5-4-6-16(11-15)26-21(28)18-12-25-19(30-2)13-24-18/h4-13,20H,1-3H3,(H2,23,27)(H,26,28). The molecule has 0 aliphatic carbocycles. The van der Waals surface area contributed by atoms with E-state index in [4.69, 9.17) is 19.9 Å². The number of hydrogen-bond acceptors (Lipinski definition) is 7. The first-order chi connectivity index (χ1) is 15.0. The molecule has 0 bridgehead atoms. The maximum Gasteiger partial charge on any atom is 0.282 e. The lowest BCUT2D eigenvalue weighted by Gasteiger charge is -2.16. The zero-order valence-corrected chi connectivity index (χ0v) is 17.4. The summed E-state index contributed by atoms with van der Waals surface area (Å²) in [6.07, 6.45) is 2.73. The molecule has 0 fully saturated rings. The molecule has 3 N–H and O–H groups in total. The first kappa shape index (κ1) is 21.6. The lowest BCUT2D eigenvalue weighted by atomic mass is 9.98. The maximum atomic E-state index is 12.5. The number of amidine groups is 1. The van der Waals surface area contributed by atoms with E-state index >= 15 is 0 Å². The highest BCUT2D eigenvalue weighted by Gasteiger charge is 2.16. The van der Waals surface area contributed by atoms with E-state index < -0.39 is 11.9 Å². The van der Waals surface area contributed by atoms with Crippen molar-refractivity contribution in [1.82, 2.24) is 9.97 Å². The molecule has 1 atom stereocenters. The molecule has 0 saturated heterocycles. The number of carbonyl (C=O) groups excluding carboxylic acids is 1. The Bertz CT molecular complexity index is 1050. The summed E-state index contributed by atoms with van der Waals surface area (Å²) >= 11 is 0. The summed E-state index contributed by atoms with van der Waals surface area (Å²) in [6.45, 7) is 0. The molecule has 0 aliphatic rings. The quantitative estimate of drug-likeness (QED) is 0.444. The third kappa shape index (κ3) is 5.47. The van der Waals surface area contributed by atoms with Crippen molar-refractivity contribution in [1.29, 1.82) is 0 Å². The van der Waals surface area contributed by atoms with Crippen LogP contribution in [0.4, 0.5) is 5.69 Å². The number of nitrogens with zero attached hydrogens (tertiary/aromatic N) is 3. The second-order valence-electron chi connectivity index (χ2n) is 6.37. The monoisotopic (exact) mass is 421 g/mol. The van der Waals surface area contributed by atoms with Crippen molar-refractivity contribution >= 4 is 17.6 Å². The zero-order valence-electron chi connectivity index (χ0n) is 17.4. The van der Waals surface area contributed by atoms with Gasteiger partial charge in [0.05, 0.1) is 33.7 Å². The van der Waals surface area contributed by atoms with Gasteiger partial charge in [-0.15, -0.1) is 0 Å². The van der Waals surface area contributed by atoms with Crippen molar-refractivity contribution in [2.75, 3.05) is 26.6 Å². The number of nitrogens with two attached hydrogens (primary N) is 1. The van der Waals surface area contributed by atoms with E-state index in [1.54, 1.807) is 13.2 Å². The molecular formula is C22H23N5O4. The van der Waals surface area contributed by atoms with Gasteiger partial charge in [-0.05, 0) is 35.4 Å². The summed E-state index contributed by atoms with van der Waals surface area (Å²) in [5.74, 6) is 0.662. The van der Waals surface area contributed by atoms with Crippen LogP contribution in [0.15, 0.2) is 65.9 Å². The summed E-state index contributed by atoms with van der Waals surface area (Å²) in [5, 5.41) is 2.81. The second kappa shape index (κ2) is 10.1. The van der Waals surface area contributed by atoms with Gasteiger partial charge in [-0.3, -0.25) is 4.79 Å². The summed E-state index contributed by atoms with van der Waals surface area (Å²) < 4.78 is 15.2. The Morgan fingerprint density at radius 2 is 1.77 bits per heavy atom. The van der Waals surface area contributed by atoms with Crippen LogP contribution in [0.3, 0.4) is 0 Å². The summed E-state index contributed by atoms with van der Waals surface area (Å²) in [7, 11) is 4.54. The van der Waals surface area contributed by atoms with E-state index in [-0.39, 0.29) is 11.7 Å². The minimum absolute atomic E-state index is 0.0452. The fourth-order valence-electron chi connectivity index (χ4n) is 2.83. The van der Waals surface area contributed by atoms with Crippen LogP contribution in [0.5, 0.6) is 11.6 Å². The molecule has 160 valence electrons. The molecule has 0 saturated carbocycles. The van der Waals surface area contributed by atoms with Gasteiger partial charge >= 0.3 is 0 Å². The molecule has 9 heteroatoms. The number of aromatic nitrogens is 2. The lowest BCUT2D eigenvalue weighted by Crippen LogP contribution is -2.16. The predicted octanol–water partition coefficient (Wildman–Crippen LogP) is 2.80. The highest BCUT2D eigenvalue weighted by atomic mass is 16.5. The number of carbonyl (C=O) groups is 1. The van der Waals surface area contributed by atoms with Crippen LogP contribution in [0.2, 0.25) is 0 Å². The molecule has 0 aliphatic heterocycles. The van der Waals surface area contributed by atoms with Crippen LogP contribution in [0, 0.1) is 0 Å². The van der Waals surface area contributed by atoms with Gasteiger partial charge in [0.25, 0.3) is 11.9 Å². The second-order valence-corrected chi connectivity index (χ2v) is 6.37. The molecule has 31 heavy (non-hydrogen) atoms. The third-order valence-electron chi connectivity index (χ3n) is 4.43. The highest BCUT2D eigenvalue weighted by Crippen LogP contribution is 2.29. The molecular weight excluding hydrogens is 398 g/mol. The number of anilines is 1. The number of hydrogen-bond donors (Lipinski definition) is 2. The largest absolute Gasteiger partial charge is 0.497 e. The molecule has 1 amide bonds. The summed E-state index contributed by atoms with van der Waals surface area (Å²) in [4.78, 5) is 25.0. The van der Waals surface area contributed by atoms with Crippen molar-refractivity contribution in [3.63, 3.8) is 0 Å². The van der Waals surface area contributed by atoms with E-state index in [2.05, 4.69) is 20.3 Å². The van der Waals surface area contributed by atoms with Crippen LogP contribution < -0.4 is 20.5 Å². The van der Waals surface area contributed by atoms with Crippen LogP contribution in [-0.2, 0) is 4.74 Å². The average Bonchev–Trinajstić information content (AvgIpc) is 2.82. The van der Waals surface area contributed by atoms with Crippen molar-refractivity contribution in [3.8, 4) is 11.6 Å². The Hall–Kier alpha value is -4.14. The number of rotatable bonds is 7. The van der Waals surface area contributed by atoms with Crippen molar-refractivity contribution in [2.45, 2.75) is 6.04 Å². The van der Waals surface area contributed by atoms with Gasteiger partial charge in [0, 0.05) is 5.69 Å². The van der Waals surface area contributed by atoms with Gasteiger partial charge in [-0.2, -0.15) is 0 Å². The number of aliphatic imine (C=N–C) groups is 1. The third-order valence-corrected chi connectivity index (χ3v) is 4.43. The number of benzene rings is 2. The van der Waals surface area contributed by atoms with Crippen molar-refractivity contribution in [3.05, 3.63) is 77.7 Å². The number of ether oxygens (including phenoxy) is 3. The Kier molecular flexibility index (Phi) is 7.00. The number of amides is 1. The SMILES string of the molecule is COC(N)=NC(c1ccc(OC)cc1)c1cccc(NC(=O)c2cnc(OC)cn2)c1. The number of methoxy groups -OCH3 is 3. The van der Waals surface area contributed by atoms with E-state index in [1.807, 2.05) is 42.5 Å². The highest BCUT2D eigenvalue weighted by molar-refractivity contribution is 6.02. The first-order valence-electron chi connectivity index (χ1n) is 9.32. The van der Waals surface area contributed by atoms with Gasteiger partial charge in [0.2, 0.25) is 5.88 Å². The predicted molar refractivity (Wildman–Crippen MR) is 116 cm³/mol. The zero-order chi connectivity index (χ0) is 22.2. The summed E-state index contributed by atoms with van der Waals surface area (Å²) in [6, 6.07) is 14.4. The molecule has 9 nitrogen and oxygen atoms in total. The van der Waals surface area contributed by atoms with Crippen LogP contribution in [0.1, 0.15) is 27.7 Å². The maximum absolute atomic E-state index is 12.5. The van der Waals surface area contributed by atoms with E-state index in [0.29, 0.717) is 11.6 Å². The average molecular weight is 421 g/mol. The van der Waals surface area contributed by atoms with E-state index in [1.165, 1.54) is 26.6 Å². The molecule has 0 spiro atoms. The molecule has 1 unspecified atom stereocenters. The Balaban J connectivity index is 1.88. The smallest absolute Gasteiger partial charge is 0.282 e. The molecule has 3 aromatic rings. The summed E-state index contributed by atoms with van der Waals surface area (Å²) in [5.41, 5.74) is 8.26. The topological polar surface area (TPSA) is 121 Å². The molecule has 1 heterocycles. The molecule has 2 aromatic carbocycles. The van der Waals surface area contributed by atoms with Crippen LogP contribution in [0.25, 0.3) is 0 Å². The first-order valence-corrected chi connectivity index (χ1v) is 9.32. The fourth-order valence-corrected chi connectivity index (χ4v) is 2.83. The lowest BCUT2D eigenvalue weighted by molar-refractivity contribution is 0.102. The van der Waals surface area contributed by atoms with E-state index in [9.17, 15) is 4.79 Å². The van der Waals surface area contributed by atoms with Gasteiger partial charge in [0.15, 0.2) is 0 Å². The van der Waals surface area contributed by atoms with Gasteiger partial charge in [0.1, 0.15) is 17.5 Å². The van der Waals surface area contributed by atoms with Gasteiger partial charge in [-0.1, -0.05) is 24.3 Å². The van der Waals surface area contributed by atoms with E-state index in [0.717, 1.165) is 16.9 Å².